The van der Waals surface area contributed by atoms with Crippen molar-refractivity contribution in [1.82, 2.24) is 10.2 Å². The van der Waals surface area contributed by atoms with Crippen molar-refractivity contribution in [2.45, 2.75) is 18.9 Å². The van der Waals surface area contributed by atoms with E-state index in [1.807, 2.05) is 36.4 Å². The van der Waals surface area contributed by atoms with Gasteiger partial charge in [0.15, 0.2) is 0 Å². The number of aromatic nitrogens is 2. The highest BCUT2D eigenvalue weighted by atomic mass is 32.1. The average molecular weight is 295 g/mol. The highest BCUT2D eigenvalue weighted by Gasteiger charge is 2.14. The fourth-order valence-electron chi connectivity index (χ4n) is 2.19. The molecule has 0 aliphatic carbocycles. The van der Waals surface area contributed by atoms with Crippen molar-refractivity contribution in [3.63, 3.8) is 0 Å². The van der Waals surface area contributed by atoms with Crippen LogP contribution in [0.1, 0.15) is 27.2 Å². The second kappa shape index (κ2) is 6.61. The normalized spacial score (nSPS) is 12.2. The molecule has 0 spiro atoms. The molecule has 1 atom stereocenters. The maximum atomic E-state index is 6.24. The third-order valence-corrected chi connectivity index (χ3v) is 4.44. The van der Waals surface area contributed by atoms with E-state index in [-0.39, 0.29) is 6.04 Å². The number of hydrogen-bond donors (Lipinski definition) is 1. The van der Waals surface area contributed by atoms with E-state index in [2.05, 4.69) is 34.5 Å². The molecule has 1 heterocycles. The van der Waals surface area contributed by atoms with Crippen molar-refractivity contribution in [2.75, 3.05) is 0 Å². The monoisotopic (exact) mass is 295 g/mol. The molecule has 0 aliphatic rings. The molecular weight excluding hydrogens is 278 g/mol. The van der Waals surface area contributed by atoms with Crippen molar-refractivity contribution < 1.29 is 0 Å². The van der Waals surface area contributed by atoms with Gasteiger partial charge in [-0.05, 0) is 17.5 Å². The quantitative estimate of drug-likeness (QED) is 0.785. The van der Waals surface area contributed by atoms with Crippen molar-refractivity contribution in [3.05, 3.63) is 81.8 Å². The first-order valence-corrected chi connectivity index (χ1v) is 7.81. The van der Waals surface area contributed by atoms with Gasteiger partial charge in [-0.15, -0.1) is 10.2 Å². The number of aryl methyl sites for hydroxylation is 2. The number of nitrogens with two attached hydrogens (primary N) is 1. The number of nitrogens with zero attached hydrogens (tertiary/aromatic N) is 2. The van der Waals surface area contributed by atoms with Crippen LogP contribution in [-0.4, -0.2) is 10.2 Å². The van der Waals surface area contributed by atoms with Crippen LogP contribution in [0, 0.1) is 0 Å². The van der Waals surface area contributed by atoms with E-state index in [1.165, 1.54) is 5.56 Å². The smallest absolute Gasteiger partial charge is 0.138 e. The molecule has 0 aliphatic heterocycles. The zero-order valence-electron chi connectivity index (χ0n) is 11.6. The Morgan fingerprint density at radius 2 is 1.52 bits per heavy atom. The summed E-state index contributed by atoms with van der Waals surface area (Å²) >= 11 is 1.61. The van der Waals surface area contributed by atoms with Gasteiger partial charge in [-0.3, -0.25) is 0 Å². The van der Waals surface area contributed by atoms with Crippen LogP contribution in [0.25, 0.3) is 0 Å². The summed E-state index contributed by atoms with van der Waals surface area (Å²) in [5, 5.41) is 10.4. The lowest BCUT2D eigenvalue weighted by molar-refractivity contribution is 0.817. The minimum atomic E-state index is -0.186. The molecule has 3 rings (SSSR count). The Morgan fingerprint density at radius 1 is 0.857 bits per heavy atom. The van der Waals surface area contributed by atoms with Crippen LogP contribution in [0.4, 0.5) is 0 Å². The minimum Gasteiger partial charge on any atom is -0.318 e. The van der Waals surface area contributed by atoms with E-state index >= 15 is 0 Å². The first kappa shape index (κ1) is 13.9. The lowest BCUT2D eigenvalue weighted by atomic mass is 10.1. The van der Waals surface area contributed by atoms with Gasteiger partial charge in [0.05, 0.1) is 6.04 Å². The lowest BCUT2D eigenvalue weighted by Gasteiger charge is -2.06. The molecule has 0 fully saturated rings. The fraction of sp³-hybridized carbons (Fsp3) is 0.176. The van der Waals surface area contributed by atoms with E-state index in [1.54, 1.807) is 11.3 Å². The third kappa shape index (κ3) is 3.54. The summed E-state index contributed by atoms with van der Waals surface area (Å²) in [6.07, 6.45) is 1.89. The Bertz CT molecular complexity index is 680. The molecule has 4 heteroatoms. The average Bonchev–Trinajstić information content (AvgIpc) is 3.03. The summed E-state index contributed by atoms with van der Waals surface area (Å²) in [4.78, 5) is 0. The molecule has 0 amide bonds. The van der Waals surface area contributed by atoms with Gasteiger partial charge in [0.2, 0.25) is 0 Å². The van der Waals surface area contributed by atoms with Gasteiger partial charge in [-0.2, -0.15) is 0 Å². The first-order valence-electron chi connectivity index (χ1n) is 6.99. The molecule has 0 radical (unpaired) electrons. The van der Waals surface area contributed by atoms with Gasteiger partial charge >= 0.3 is 0 Å². The van der Waals surface area contributed by atoms with Gasteiger partial charge < -0.3 is 5.73 Å². The Hall–Kier alpha value is -2.04. The molecule has 2 N–H and O–H groups in total. The molecule has 0 bridgehead atoms. The maximum Gasteiger partial charge on any atom is 0.138 e. The van der Waals surface area contributed by atoms with E-state index in [0.29, 0.717) is 0 Å². The van der Waals surface area contributed by atoms with Crippen LogP contribution in [0.5, 0.6) is 0 Å². The molecule has 1 unspecified atom stereocenters. The van der Waals surface area contributed by atoms with Gasteiger partial charge in [-0.1, -0.05) is 72.0 Å². The minimum absolute atomic E-state index is 0.186. The van der Waals surface area contributed by atoms with E-state index < -0.39 is 0 Å². The summed E-state index contributed by atoms with van der Waals surface area (Å²) in [7, 11) is 0. The second-order valence-electron chi connectivity index (χ2n) is 4.91. The van der Waals surface area contributed by atoms with E-state index in [0.717, 1.165) is 28.4 Å². The molecule has 1 aromatic heterocycles. The van der Waals surface area contributed by atoms with Crippen LogP contribution in [0.15, 0.2) is 60.7 Å². The zero-order chi connectivity index (χ0) is 14.5. The van der Waals surface area contributed by atoms with Crippen LogP contribution in [-0.2, 0) is 12.8 Å². The third-order valence-electron chi connectivity index (χ3n) is 3.38. The lowest BCUT2D eigenvalue weighted by Crippen LogP contribution is -2.11. The maximum absolute atomic E-state index is 6.24. The largest absolute Gasteiger partial charge is 0.318 e. The van der Waals surface area contributed by atoms with Crippen LogP contribution in [0.3, 0.4) is 0 Å². The van der Waals surface area contributed by atoms with Crippen LogP contribution >= 0.6 is 11.3 Å². The fourth-order valence-corrected chi connectivity index (χ4v) is 3.06. The Balaban J connectivity index is 1.66. The molecule has 106 valence electrons. The highest BCUT2D eigenvalue weighted by Crippen LogP contribution is 2.23. The molecule has 3 aromatic rings. The summed E-state index contributed by atoms with van der Waals surface area (Å²) in [6.45, 7) is 0. The van der Waals surface area contributed by atoms with Crippen LogP contribution < -0.4 is 5.73 Å². The summed E-state index contributed by atoms with van der Waals surface area (Å²) < 4.78 is 0. The van der Waals surface area contributed by atoms with Gasteiger partial charge in [0.25, 0.3) is 0 Å². The van der Waals surface area contributed by atoms with Crippen molar-refractivity contribution >= 4 is 11.3 Å². The van der Waals surface area contributed by atoms with Crippen LogP contribution in [0.2, 0.25) is 0 Å². The molecule has 3 nitrogen and oxygen atoms in total. The van der Waals surface area contributed by atoms with Gasteiger partial charge in [-0.25, -0.2) is 0 Å². The topological polar surface area (TPSA) is 51.8 Å². The predicted molar refractivity (Wildman–Crippen MR) is 86.2 cm³/mol. The van der Waals surface area contributed by atoms with Gasteiger partial charge in [0, 0.05) is 6.42 Å². The first-order chi connectivity index (χ1) is 10.3. The van der Waals surface area contributed by atoms with E-state index in [4.69, 9.17) is 5.73 Å². The highest BCUT2D eigenvalue weighted by molar-refractivity contribution is 7.11. The summed E-state index contributed by atoms with van der Waals surface area (Å²) in [5.74, 6) is 0. The molecule has 21 heavy (non-hydrogen) atoms. The second-order valence-corrected chi connectivity index (χ2v) is 6.00. The Labute approximate surface area is 128 Å². The molecule has 2 aromatic carbocycles. The predicted octanol–water partition coefficient (Wildman–Crippen LogP) is 3.37. The standard InChI is InChI=1S/C17H17N3S/c18-16(14-9-5-2-6-10-14)17-20-19-15(21-17)12-11-13-7-3-1-4-8-13/h1-10,16H,11-12,18H2. The zero-order valence-corrected chi connectivity index (χ0v) is 12.5. The van der Waals surface area contributed by atoms with Crippen molar-refractivity contribution in [1.29, 1.82) is 0 Å². The SMILES string of the molecule is NC(c1ccccc1)c1nnc(CCc2ccccc2)s1. The van der Waals surface area contributed by atoms with Gasteiger partial charge in [0.1, 0.15) is 10.0 Å². The summed E-state index contributed by atoms with van der Waals surface area (Å²) in [5.41, 5.74) is 8.64. The van der Waals surface area contributed by atoms with E-state index in [9.17, 15) is 0 Å². The van der Waals surface area contributed by atoms with Crippen molar-refractivity contribution in [2.24, 2.45) is 5.73 Å². The number of rotatable bonds is 5. The number of benzene rings is 2. The molecule has 0 saturated carbocycles. The van der Waals surface area contributed by atoms with Crippen molar-refractivity contribution in [3.8, 4) is 0 Å². The molecule has 0 saturated heterocycles. The Morgan fingerprint density at radius 3 is 2.24 bits per heavy atom. The summed E-state index contributed by atoms with van der Waals surface area (Å²) in [6, 6.07) is 20.3. The number of hydrogen-bond acceptors (Lipinski definition) is 4. The molecular formula is C17H17N3S. The Kier molecular flexibility index (Phi) is 4.38.